The molecule has 0 aromatic heterocycles. The summed E-state index contributed by atoms with van der Waals surface area (Å²) in [5.41, 5.74) is 8.58. The third-order valence-electron chi connectivity index (χ3n) is 14.1. The predicted molar refractivity (Wildman–Crippen MR) is 300 cm³/mol. The van der Waals surface area contributed by atoms with Crippen LogP contribution in [0.5, 0.6) is 0 Å². The highest BCUT2D eigenvalue weighted by atomic mass is 19.1. The lowest BCUT2D eigenvalue weighted by Gasteiger charge is -2.32. The van der Waals surface area contributed by atoms with Crippen LogP contribution in [-0.2, 0) is 0 Å². The van der Waals surface area contributed by atoms with E-state index in [-0.39, 0.29) is 11.4 Å². The topological polar surface area (TPSA) is 102 Å². The monoisotopic (exact) mass is 976 g/mol. The first-order chi connectivity index (χ1) is 37.4. The molecule has 0 aliphatic rings. The summed E-state index contributed by atoms with van der Waals surface area (Å²) in [5.74, 6) is -1.10. The lowest BCUT2D eigenvalue weighted by atomic mass is 9.87. The zero-order chi connectivity index (χ0) is 51.9. The van der Waals surface area contributed by atoms with Crippen molar-refractivity contribution in [3.05, 3.63) is 264 Å². The Balaban J connectivity index is 1.17. The summed E-state index contributed by atoms with van der Waals surface area (Å²) >= 11 is 0. The number of para-hydroxylation sites is 2. The fraction of sp³-hybridized carbons (Fsp3) is 0. The average molecular weight is 977 g/mol. The summed E-state index contributed by atoms with van der Waals surface area (Å²) in [5, 5.41) is 47.2. The van der Waals surface area contributed by atoms with Crippen molar-refractivity contribution in [2.45, 2.75) is 0 Å². The number of nitrogens with zero attached hydrogens (tertiary/aromatic N) is 6. The summed E-state index contributed by atoms with van der Waals surface area (Å²) in [6, 6.07) is 79.5. The summed E-state index contributed by atoms with van der Waals surface area (Å²) in [6.07, 6.45) is 0. The lowest BCUT2D eigenvalue weighted by molar-refractivity contribution is 0.629. The Morgan fingerprint density at radius 2 is 0.605 bits per heavy atom. The van der Waals surface area contributed by atoms with Crippen molar-refractivity contribution >= 4 is 66.4 Å². The van der Waals surface area contributed by atoms with Gasteiger partial charge in [0.05, 0.1) is 69.3 Å². The number of nitriles is 4. The van der Waals surface area contributed by atoms with Crippen LogP contribution in [0, 0.1) is 57.0 Å². The highest BCUT2D eigenvalue weighted by Gasteiger charge is 2.31. The van der Waals surface area contributed by atoms with Crippen molar-refractivity contribution in [2.75, 3.05) is 9.80 Å². The van der Waals surface area contributed by atoms with E-state index >= 15 is 8.78 Å². The van der Waals surface area contributed by atoms with E-state index in [1.54, 1.807) is 60.7 Å². The molecule has 0 N–H and O–H groups in total. The molecule has 0 bridgehead atoms. The Kier molecular flexibility index (Phi) is 11.7. The molecule has 12 aromatic rings. The molecule has 0 atom stereocenters. The Bertz CT molecular complexity index is 4160. The molecular weight excluding hydrogens is 939 g/mol. The molecular formula is C68H38F2N6. The normalized spacial score (nSPS) is 11.0. The second kappa shape index (κ2) is 19.3. The zero-order valence-electron chi connectivity index (χ0n) is 40.4. The predicted octanol–water partition coefficient (Wildman–Crippen LogP) is 18.0. The van der Waals surface area contributed by atoms with E-state index in [1.165, 1.54) is 12.1 Å². The fourth-order valence-corrected chi connectivity index (χ4v) is 10.9. The summed E-state index contributed by atoms with van der Waals surface area (Å²) in [6.45, 7) is 0. The number of benzene rings is 12. The maximum absolute atomic E-state index is 17.7. The molecule has 0 aliphatic heterocycles. The minimum absolute atomic E-state index is 0.184. The lowest BCUT2D eigenvalue weighted by Crippen LogP contribution is -2.15. The van der Waals surface area contributed by atoms with Crippen LogP contribution in [0.25, 0.3) is 76.8 Å². The highest BCUT2D eigenvalue weighted by molar-refractivity contribution is 6.28. The Labute approximate surface area is 437 Å². The van der Waals surface area contributed by atoms with Gasteiger partial charge in [-0.3, -0.25) is 0 Å². The molecule has 0 amide bonds. The molecule has 0 saturated heterocycles. The van der Waals surface area contributed by atoms with Gasteiger partial charge in [0.25, 0.3) is 0 Å². The molecule has 0 heterocycles. The van der Waals surface area contributed by atoms with Gasteiger partial charge in [0, 0.05) is 55.5 Å². The molecule has 0 unspecified atom stereocenters. The van der Waals surface area contributed by atoms with Gasteiger partial charge in [-0.1, -0.05) is 158 Å². The zero-order valence-corrected chi connectivity index (χ0v) is 40.4. The van der Waals surface area contributed by atoms with E-state index in [1.807, 2.05) is 168 Å². The third kappa shape index (κ3) is 7.59. The molecule has 12 aromatic carbocycles. The largest absolute Gasteiger partial charge is 0.307 e. The third-order valence-corrected chi connectivity index (χ3v) is 14.1. The standard InChI is InChI=1S/C68H38F2N6/c69-59-35-33-55(51-23-11-7-15-45(51)39-71)65(53-25-13-9-17-47(53)41-73)67(59)75(49-19-3-1-4-20-49)61-37-29-43-28-32-58-62(38-30-44-27-31-57(61)63(43)64(44)58)76(50-21-5-2-6-22-50)68-60(70)36-34-56(52-24-12-8-16-46(52)40-72)66(68)54-26-14-10-18-48(54)42-74/h1-38H. The van der Waals surface area contributed by atoms with Gasteiger partial charge in [-0.15, -0.1) is 0 Å². The molecule has 354 valence electrons. The van der Waals surface area contributed by atoms with E-state index in [4.69, 9.17) is 0 Å². The number of halogens is 2. The fourth-order valence-electron chi connectivity index (χ4n) is 10.9. The van der Waals surface area contributed by atoms with E-state index in [0.29, 0.717) is 89.5 Å². The van der Waals surface area contributed by atoms with Crippen LogP contribution in [0.4, 0.5) is 42.9 Å². The van der Waals surface area contributed by atoms with Crippen LogP contribution in [0.15, 0.2) is 231 Å². The first kappa shape index (κ1) is 46.2. The van der Waals surface area contributed by atoms with Crippen molar-refractivity contribution in [3.63, 3.8) is 0 Å². The molecule has 0 aliphatic carbocycles. The average Bonchev–Trinajstić information content (AvgIpc) is 3.60. The van der Waals surface area contributed by atoms with Gasteiger partial charge < -0.3 is 9.80 Å². The Hall–Kier alpha value is -10.9. The molecule has 76 heavy (non-hydrogen) atoms. The maximum Gasteiger partial charge on any atom is 0.147 e. The van der Waals surface area contributed by atoms with Crippen LogP contribution in [0.3, 0.4) is 0 Å². The molecule has 0 saturated carbocycles. The minimum Gasteiger partial charge on any atom is -0.307 e. The van der Waals surface area contributed by atoms with Crippen LogP contribution < -0.4 is 9.80 Å². The van der Waals surface area contributed by atoms with E-state index in [9.17, 15) is 21.0 Å². The van der Waals surface area contributed by atoms with Crippen LogP contribution in [-0.4, -0.2) is 0 Å². The number of hydrogen-bond donors (Lipinski definition) is 0. The maximum atomic E-state index is 17.7. The smallest absolute Gasteiger partial charge is 0.147 e. The van der Waals surface area contributed by atoms with E-state index < -0.39 is 11.6 Å². The van der Waals surface area contributed by atoms with Crippen LogP contribution in [0.1, 0.15) is 22.3 Å². The molecule has 12 rings (SSSR count). The summed E-state index contributed by atoms with van der Waals surface area (Å²) < 4.78 is 35.4. The first-order valence-corrected chi connectivity index (χ1v) is 24.5. The van der Waals surface area contributed by atoms with Crippen molar-refractivity contribution in [1.29, 1.82) is 21.0 Å². The van der Waals surface area contributed by atoms with Crippen molar-refractivity contribution in [3.8, 4) is 68.8 Å². The van der Waals surface area contributed by atoms with Crippen molar-refractivity contribution < 1.29 is 8.78 Å². The molecule has 6 nitrogen and oxygen atoms in total. The second-order valence-corrected chi connectivity index (χ2v) is 18.2. The van der Waals surface area contributed by atoms with Crippen LogP contribution >= 0.6 is 0 Å². The van der Waals surface area contributed by atoms with Gasteiger partial charge in [0.15, 0.2) is 0 Å². The SMILES string of the molecule is N#Cc1ccccc1-c1ccc(F)c(N(c2ccccc2)c2ccc3ccc4c(N(c5ccccc5)c5c(F)ccc(-c6ccccc6C#N)c5-c5ccccc5C#N)ccc5ccc2c3c54)c1-c1ccccc1C#N. The quantitative estimate of drug-likeness (QED) is 0.127. The number of hydrogen-bond acceptors (Lipinski definition) is 6. The van der Waals surface area contributed by atoms with Crippen molar-refractivity contribution in [2.24, 2.45) is 0 Å². The number of rotatable bonds is 10. The highest BCUT2D eigenvalue weighted by Crippen LogP contribution is 2.54. The summed E-state index contributed by atoms with van der Waals surface area (Å²) in [7, 11) is 0. The van der Waals surface area contributed by atoms with Gasteiger partial charge in [0.1, 0.15) is 11.6 Å². The van der Waals surface area contributed by atoms with Crippen molar-refractivity contribution in [1.82, 2.24) is 0 Å². The second-order valence-electron chi connectivity index (χ2n) is 18.2. The van der Waals surface area contributed by atoms with E-state index in [2.05, 4.69) is 24.3 Å². The number of anilines is 6. The molecule has 0 fully saturated rings. The van der Waals surface area contributed by atoms with Gasteiger partial charge in [-0.2, -0.15) is 21.0 Å². The Morgan fingerprint density at radius 1 is 0.289 bits per heavy atom. The molecule has 0 spiro atoms. The van der Waals surface area contributed by atoms with E-state index in [0.717, 1.165) is 32.3 Å². The molecule has 8 heteroatoms. The first-order valence-electron chi connectivity index (χ1n) is 24.5. The van der Waals surface area contributed by atoms with Gasteiger partial charge in [-0.05, 0) is 105 Å². The molecule has 0 radical (unpaired) electrons. The minimum atomic E-state index is -0.549. The van der Waals surface area contributed by atoms with Gasteiger partial charge in [0.2, 0.25) is 0 Å². The van der Waals surface area contributed by atoms with Gasteiger partial charge >= 0.3 is 0 Å². The Morgan fingerprint density at radius 3 is 0.974 bits per heavy atom. The van der Waals surface area contributed by atoms with Gasteiger partial charge in [-0.25, -0.2) is 8.78 Å². The van der Waals surface area contributed by atoms with Crippen LogP contribution in [0.2, 0.25) is 0 Å². The summed E-state index contributed by atoms with van der Waals surface area (Å²) in [4.78, 5) is 3.80.